The van der Waals surface area contributed by atoms with Gasteiger partial charge in [-0.05, 0) is 56.4 Å². The van der Waals surface area contributed by atoms with Crippen molar-refractivity contribution < 1.29 is 29.1 Å². The second-order valence-electron chi connectivity index (χ2n) is 8.34. The summed E-state index contributed by atoms with van der Waals surface area (Å²) < 4.78 is 17.7. The van der Waals surface area contributed by atoms with Gasteiger partial charge in [-0.3, -0.25) is 4.52 Å². The predicted molar refractivity (Wildman–Crippen MR) is 119 cm³/mol. The Kier molecular flexibility index (Phi) is 6.36. The van der Waals surface area contributed by atoms with Crippen molar-refractivity contribution >= 4 is 7.82 Å². The van der Waals surface area contributed by atoms with Gasteiger partial charge in [0.25, 0.3) is 0 Å². The quantitative estimate of drug-likeness (QED) is 0.416. The highest BCUT2D eigenvalue weighted by Crippen LogP contribution is 2.45. The van der Waals surface area contributed by atoms with Crippen molar-refractivity contribution in [3.8, 4) is 16.9 Å². The van der Waals surface area contributed by atoms with Gasteiger partial charge in [0, 0.05) is 5.56 Å². The first kappa shape index (κ1) is 22.9. The summed E-state index contributed by atoms with van der Waals surface area (Å²) >= 11 is 0. The molecule has 0 bridgehead atoms. The Bertz CT molecular complexity index is 1110. The highest BCUT2D eigenvalue weighted by molar-refractivity contribution is 7.46. The molecule has 0 aliphatic heterocycles. The third-order valence-electron chi connectivity index (χ3n) is 5.94. The lowest BCUT2D eigenvalue weighted by Crippen LogP contribution is -2.34. The SMILES string of the molecule is Cc1ccc(-c2cc(C3(O)CCC(OP(=O)(O)O)CC3)nn2-c2ccc(CO)cc2)cc1. The number of nitrogens with zero attached hydrogens (tertiary/aromatic N) is 2. The number of aromatic nitrogens is 2. The molecule has 8 nitrogen and oxygen atoms in total. The summed E-state index contributed by atoms with van der Waals surface area (Å²) in [6.45, 7) is 1.97. The molecular formula is C23H27N2O6P. The fraction of sp³-hybridized carbons (Fsp3) is 0.348. The van der Waals surface area contributed by atoms with Gasteiger partial charge >= 0.3 is 7.82 Å². The Morgan fingerprint density at radius 1 is 1.09 bits per heavy atom. The lowest BCUT2D eigenvalue weighted by molar-refractivity contribution is -0.0386. The van der Waals surface area contributed by atoms with Gasteiger partial charge in [0.15, 0.2) is 0 Å². The smallest absolute Gasteiger partial charge is 0.392 e. The molecule has 3 aromatic rings. The molecule has 1 saturated carbocycles. The van der Waals surface area contributed by atoms with E-state index in [1.807, 2.05) is 61.5 Å². The minimum absolute atomic E-state index is 0.0486. The normalized spacial score (nSPS) is 21.6. The third kappa shape index (κ3) is 5.02. The van der Waals surface area contributed by atoms with Crippen molar-refractivity contribution in [2.24, 2.45) is 0 Å². The standard InChI is InChI=1S/C23H27N2O6P/c1-16-2-6-18(7-3-16)21-14-22(24-25(21)19-8-4-17(15-26)5-9-19)23(27)12-10-20(11-13-23)31-32(28,29)30/h2-9,14,20,26-27H,10-13,15H2,1H3,(H2,28,29,30). The van der Waals surface area contributed by atoms with E-state index in [1.165, 1.54) is 0 Å². The van der Waals surface area contributed by atoms with Crippen LogP contribution in [0.4, 0.5) is 0 Å². The van der Waals surface area contributed by atoms with Crippen LogP contribution >= 0.6 is 7.82 Å². The van der Waals surface area contributed by atoms with E-state index < -0.39 is 19.5 Å². The third-order valence-corrected chi connectivity index (χ3v) is 6.52. The van der Waals surface area contributed by atoms with E-state index in [1.54, 1.807) is 4.68 Å². The molecule has 1 aliphatic carbocycles. The molecule has 0 saturated heterocycles. The van der Waals surface area contributed by atoms with Crippen LogP contribution < -0.4 is 0 Å². The van der Waals surface area contributed by atoms with Gasteiger partial charge in [-0.2, -0.15) is 5.10 Å². The minimum Gasteiger partial charge on any atom is -0.392 e. The summed E-state index contributed by atoms with van der Waals surface area (Å²) in [4.78, 5) is 18.1. The Labute approximate surface area is 186 Å². The zero-order valence-electron chi connectivity index (χ0n) is 17.8. The van der Waals surface area contributed by atoms with Crippen LogP contribution in [-0.2, 0) is 21.3 Å². The average Bonchev–Trinajstić information content (AvgIpc) is 3.21. The summed E-state index contributed by atoms with van der Waals surface area (Å²) in [5.74, 6) is 0. The fourth-order valence-electron chi connectivity index (χ4n) is 4.10. The molecule has 0 spiro atoms. The first-order chi connectivity index (χ1) is 15.2. The number of aliphatic hydroxyl groups is 2. The van der Waals surface area contributed by atoms with Crippen molar-refractivity contribution in [1.82, 2.24) is 9.78 Å². The van der Waals surface area contributed by atoms with Gasteiger partial charge < -0.3 is 20.0 Å². The van der Waals surface area contributed by atoms with Gasteiger partial charge in [0.2, 0.25) is 0 Å². The molecule has 2 aromatic carbocycles. The molecule has 170 valence electrons. The first-order valence-electron chi connectivity index (χ1n) is 10.5. The number of aliphatic hydroxyl groups excluding tert-OH is 1. The van der Waals surface area contributed by atoms with Crippen LogP contribution in [0.5, 0.6) is 0 Å². The van der Waals surface area contributed by atoms with E-state index in [0.717, 1.165) is 28.1 Å². The van der Waals surface area contributed by atoms with Crippen LogP contribution in [0.2, 0.25) is 0 Å². The first-order valence-corrected chi connectivity index (χ1v) is 12.0. The lowest BCUT2D eigenvalue weighted by Gasteiger charge is -2.34. The van der Waals surface area contributed by atoms with E-state index >= 15 is 0 Å². The molecule has 1 heterocycles. The number of phosphoric acid groups is 1. The van der Waals surface area contributed by atoms with E-state index in [0.29, 0.717) is 18.5 Å². The highest BCUT2D eigenvalue weighted by atomic mass is 31.2. The maximum absolute atomic E-state index is 11.4. The molecule has 1 aromatic heterocycles. The van der Waals surface area contributed by atoms with Crippen LogP contribution in [0.25, 0.3) is 16.9 Å². The molecular weight excluding hydrogens is 431 g/mol. The maximum Gasteiger partial charge on any atom is 0.469 e. The molecule has 32 heavy (non-hydrogen) atoms. The number of hydrogen-bond donors (Lipinski definition) is 4. The number of hydrogen-bond acceptors (Lipinski definition) is 5. The molecule has 1 aliphatic rings. The van der Waals surface area contributed by atoms with Gasteiger partial charge in [-0.15, -0.1) is 0 Å². The summed E-state index contributed by atoms with van der Waals surface area (Å²) in [6, 6.07) is 17.3. The van der Waals surface area contributed by atoms with E-state index in [4.69, 9.17) is 19.4 Å². The second kappa shape index (κ2) is 8.90. The molecule has 0 atom stereocenters. The van der Waals surface area contributed by atoms with Crippen molar-refractivity contribution in [2.45, 2.75) is 50.9 Å². The summed E-state index contributed by atoms with van der Waals surface area (Å²) in [5, 5.41) is 25.4. The Morgan fingerprint density at radius 3 is 2.28 bits per heavy atom. The Hall–Kier alpha value is -2.32. The minimum atomic E-state index is -4.56. The zero-order chi connectivity index (χ0) is 22.9. The van der Waals surface area contributed by atoms with E-state index in [9.17, 15) is 14.8 Å². The van der Waals surface area contributed by atoms with E-state index in [-0.39, 0.29) is 19.4 Å². The molecule has 4 rings (SSSR count). The molecule has 9 heteroatoms. The molecule has 0 radical (unpaired) electrons. The van der Waals surface area contributed by atoms with Crippen molar-refractivity contribution in [2.75, 3.05) is 0 Å². The Balaban J connectivity index is 1.69. The van der Waals surface area contributed by atoms with Crippen LogP contribution in [0, 0.1) is 6.92 Å². The van der Waals surface area contributed by atoms with Crippen LogP contribution in [0.3, 0.4) is 0 Å². The summed E-state index contributed by atoms with van der Waals surface area (Å²) in [6.07, 6.45) is 0.608. The molecule has 1 fully saturated rings. The van der Waals surface area contributed by atoms with Gasteiger partial charge in [0.05, 0.1) is 29.8 Å². The largest absolute Gasteiger partial charge is 0.469 e. The zero-order valence-corrected chi connectivity index (χ0v) is 18.7. The second-order valence-corrected chi connectivity index (χ2v) is 9.54. The van der Waals surface area contributed by atoms with Crippen LogP contribution in [-0.4, -0.2) is 35.9 Å². The van der Waals surface area contributed by atoms with Crippen LogP contribution in [0.1, 0.15) is 42.5 Å². The maximum atomic E-state index is 11.4. The fourth-order valence-corrected chi connectivity index (χ4v) is 4.70. The van der Waals surface area contributed by atoms with Gasteiger partial charge in [0.1, 0.15) is 5.60 Å². The Morgan fingerprint density at radius 2 is 1.72 bits per heavy atom. The summed E-state index contributed by atoms with van der Waals surface area (Å²) in [5.41, 5.74) is 3.78. The van der Waals surface area contributed by atoms with Crippen molar-refractivity contribution in [1.29, 1.82) is 0 Å². The molecule has 4 N–H and O–H groups in total. The number of aryl methyl sites for hydroxylation is 1. The van der Waals surface area contributed by atoms with Gasteiger partial charge in [-0.25, -0.2) is 9.25 Å². The number of rotatable bonds is 6. The molecule has 0 amide bonds. The van der Waals surface area contributed by atoms with Gasteiger partial charge in [-0.1, -0.05) is 42.0 Å². The topological polar surface area (TPSA) is 125 Å². The summed E-state index contributed by atoms with van der Waals surface area (Å²) in [7, 11) is -4.56. The van der Waals surface area contributed by atoms with Crippen molar-refractivity contribution in [3.63, 3.8) is 0 Å². The number of phosphoric ester groups is 1. The lowest BCUT2D eigenvalue weighted by atomic mass is 9.81. The monoisotopic (exact) mass is 458 g/mol. The van der Waals surface area contributed by atoms with Crippen molar-refractivity contribution in [3.05, 3.63) is 71.4 Å². The van der Waals surface area contributed by atoms with E-state index in [2.05, 4.69) is 0 Å². The predicted octanol–water partition coefficient (Wildman–Crippen LogP) is 3.58. The average molecular weight is 458 g/mol. The molecule has 0 unspecified atom stereocenters. The number of benzene rings is 2. The highest BCUT2D eigenvalue weighted by Gasteiger charge is 2.39. The van der Waals surface area contributed by atoms with Crippen LogP contribution in [0.15, 0.2) is 54.6 Å².